The molecule has 1 unspecified atom stereocenters. The zero-order chi connectivity index (χ0) is 19.0. The zero-order valence-corrected chi connectivity index (χ0v) is 17.3. The van der Waals surface area contributed by atoms with Gasteiger partial charge in [-0.3, -0.25) is 18.9 Å². The average molecular weight is 400 g/mol. The molecule has 0 aromatic carbocycles. The maximum absolute atomic E-state index is 12.7. The Hall–Kier alpha value is -1.50. The van der Waals surface area contributed by atoms with Gasteiger partial charge in [-0.1, -0.05) is 19.9 Å². The number of hydrogen-bond donors (Lipinski definition) is 1. The molecule has 3 rings (SSSR count). The minimum absolute atomic E-state index is 0. The van der Waals surface area contributed by atoms with Crippen molar-refractivity contribution in [1.82, 2.24) is 14.1 Å². The second-order valence-electron chi connectivity index (χ2n) is 6.47. The summed E-state index contributed by atoms with van der Waals surface area (Å²) in [6, 6.07) is 3.65. The Morgan fingerprint density at radius 3 is 2.59 bits per heavy atom. The van der Waals surface area contributed by atoms with Crippen LogP contribution in [-0.4, -0.2) is 41.7 Å². The molecule has 0 spiro atoms. The molecule has 1 atom stereocenters. The average Bonchev–Trinajstić information content (AvgIpc) is 2.96. The van der Waals surface area contributed by atoms with Gasteiger partial charge in [-0.25, -0.2) is 9.00 Å². The summed E-state index contributed by atoms with van der Waals surface area (Å²) in [5.41, 5.74) is -0.0999. The number of pyridine rings is 1. The van der Waals surface area contributed by atoms with Crippen LogP contribution < -0.4 is 11.2 Å². The van der Waals surface area contributed by atoms with Crippen molar-refractivity contribution in [1.29, 1.82) is 0 Å². The molecular formula is C17H19LiN3O4S2. The van der Waals surface area contributed by atoms with E-state index in [1.54, 1.807) is 18.5 Å². The molecule has 3 heterocycles. The van der Waals surface area contributed by atoms with Gasteiger partial charge in [0.2, 0.25) is 0 Å². The van der Waals surface area contributed by atoms with Gasteiger partial charge in [-0.05, 0) is 17.5 Å². The maximum atomic E-state index is 12.7. The molecule has 0 fully saturated rings. The summed E-state index contributed by atoms with van der Waals surface area (Å²) in [7, 11) is 1.39. The molecule has 0 aliphatic heterocycles. The molecule has 139 valence electrons. The number of thiophene rings is 1. The molecule has 1 N–H and O–H groups in total. The molecule has 0 bridgehead atoms. The first-order valence-electron chi connectivity index (χ1n) is 8.06. The van der Waals surface area contributed by atoms with E-state index in [1.165, 1.54) is 23.0 Å². The molecule has 10 heteroatoms. The molecule has 0 saturated heterocycles. The van der Waals surface area contributed by atoms with Gasteiger partial charge >= 0.3 is 5.69 Å². The molecule has 1 radical (unpaired) electrons. The van der Waals surface area contributed by atoms with Gasteiger partial charge in [0, 0.05) is 56.1 Å². The Morgan fingerprint density at radius 2 is 2.04 bits per heavy atom. The number of nitrogens with zero attached hydrogens (tertiary/aromatic N) is 3. The first-order valence-corrected chi connectivity index (χ1v) is 9.98. The van der Waals surface area contributed by atoms with Gasteiger partial charge in [-0.2, -0.15) is 0 Å². The fourth-order valence-electron chi connectivity index (χ4n) is 2.87. The van der Waals surface area contributed by atoms with Crippen LogP contribution in [-0.2, 0) is 31.1 Å². The normalized spacial score (nSPS) is 12.3. The van der Waals surface area contributed by atoms with Gasteiger partial charge in [-0.15, -0.1) is 11.3 Å². The van der Waals surface area contributed by atoms with Crippen molar-refractivity contribution in [2.24, 2.45) is 13.0 Å². The van der Waals surface area contributed by atoms with Crippen molar-refractivity contribution in [2.45, 2.75) is 31.7 Å². The van der Waals surface area contributed by atoms with Crippen LogP contribution in [0.5, 0.6) is 0 Å². The van der Waals surface area contributed by atoms with Crippen molar-refractivity contribution >= 4 is 51.5 Å². The summed E-state index contributed by atoms with van der Waals surface area (Å²) in [5, 5.41) is 0.150. The summed E-state index contributed by atoms with van der Waals surface area (Å²) >= 11 is -1.12. The maximum Gasteiger partial charge on any atom is 0.331 e. The van der Waals surface area contributed by atoms with Crippen LogP contribution in [0.4, 0.5) is 0 Å². The molecule has 0 aliphatic rings. The summed E-state index contributed by atoms with van der Waals surface area (Å²) < 4.78 is 24.4. The molecule has 0 saturated carbocycles. The fraction of sp³-hybridized carbons (Fsp3) is 0.353. The zero-order valence-electron chi connectivity index (χ0n) is 15.6. The van der Waals surface area contributed by atoms with Crippen molar-refractivity contribution in [3.8, 4) is 0 Å². The predicted molar refractivity (Wildman–Crippen MR) is 108 cm³/mol. The molecule has 27 heavy (non-hydrogen) atoms. The van der Waals surface area contributed by atoms with Gasteiger partial charge in [0.1, 0.15) is 4.83 Å². The Kier molecular flexibility index (Phi) is 7.00. The van der Waals surface area contributed by atoms with Crippen molar-refractivity contribution < 1.29 is 8.76 Å². The van der Waals surface area contributed by atoms with Crippen molar-refractivity contribution in [3.63, 3.8) is 0 Å². The van der Waals surface area contributed by atoms with Gasteiger partial charge in [0.15, 0.2) is 11.1 Å². The second-order valence-corrected chi connectivity index (χ2v) is 8.46. The van der Waals surface area contributed by atoms with Crippen LogP contribution in [0, 0.1) is 5.92 Å². The first-order chi connectivity index (χ1) is 12.3. The van der Waals surface area contributed by atoms with E-state index in [0.717, 1.165) is 10.1 Å². The molecule has 3 aromatic heterocycles. The van der Waals surface area contributed by atoms with Crippen molar-refractivity contribution in [2.75, 3.05) is 0 Å². The van der Waals surface area contributed by atoms with Crippen LogP contribution in [0.25, 0.3) is 10.2 Å². The minimum atomic E-state index is -2.34. The van der Waals surface area contributed by atoms with Gasteiger partial charge < -0.3 is 4.55 Å². The third-order valence-corrected chi connectivity index (χ3v) is 6.15. The van der Waals surface area contributed by atoms with E-state index in [1.807, 2.05) is 19.9 Å². The van der Waals surface area contributed by atoms with Crippen molar-refractivity contribution in [3.05, 3.63) is 55.8 Å². The Labute approximate surface area is 174 Å². The predicted octanol–water partition coefficient (Wildman–Crippen LogP) is 1.60. The van der Waals surface area contributed by atoms with E-state index < -0.39 is 22.3 Å². The minimum Gasteiger partial charge on any atom is -0.302 e. The third kappa shape index (κ3) is 4.17. The van der Waals surface area contributed by atoms with Crippen LogP contribution >= 0.6 is 11.3 Å². The topological polar surface area (TPSA) is 94.2 Å². The van der Waals surface area contributed by atoms with Gasteiger partial charge in [0.25, 0.3) is 5.56 Å². The molecule has 7 nitrogen and oxygen atoms in total. The molecule has 0 amide bonds. The molecular weight excluding hydrogens is 381 g/mol. The Balaban J connectivity index is 0.00000261. The smallest absolute Gasteiger partial charge is 0.302 e. The second kappa shape index (κ2) is 8.67. The number of rotatable bonds is 5. The van der Waals surface area contributed by atoms with Gasteiger partial charge in [0.05, 0.1) is 10.3 Å². The monoisotopic (exact) mass is 400 g/mol. The Bertz CT molecular complexity index is 1100. The van der Waals surface area contributed by atoms with E-state index in [2.05, 4.69) is 4.98 Å². The molecule has 3 aromatic rings. The Morgan fingerprint density at radius 1 is 1.33 bits per heavy atom. The number of fused-ring (bicyclic) bond motifs is 1. The number of aromatic nitrogens is 3. The van der Waals surface area contributed by atoms with Crippen LogP contribution in [0.2, 0.25) is 0 Å². The molecule has 0 aliphatic carbocycles. The largest absolute Gasteiger partial charge is 0.331 e. The third-order valence-electron chi connectivity index (χ3n) is 4.01. The van der Waals surface area contributed by atoms with Crippen LogP contribution in [0.15, 0.2) is 39.0 Å². The SMILES string of the molecule is CC(C)Cn1c(=O)n(C)c(=O)c2c(S(=O)O)c(Cc3cccnc3)sc21.[Li]. The quantitative estimate of drug-likeness (QED) is 0.519. The summed E-state index contributed by atoms with van der Waals surface area (Å²) in [6.45, 7) is 4.37. The first kappa shape index (κ1) is 21.8. The van der Waals surface area contributed by atoms with E-state index in [9.17, 15) is 18.4 Å². The van der Waals surface area contributed by atoms with E-state index in [4.69, 9.17) is 0 Å². The summed E-state index contributed by atoms with van der Waals surface area (Å²) in [6.07, 6.45) is 3.69. The summed E-state index contributed by atoms with van der Waals surface area (Å²) in [5.74, 6) is 0.181. The standard InChI is InChI=1S/C17H19N3O4S2.Li/c1-10(2)9-20-16-13(15(21)19(3)17(20)22)14(26(23)24)12(25-16)7-11-5-4-6-18-8-11;/h4-6,8,10H,7,9H2,1-3H3,(H,23,24);. The number of hydrogen-bond acceptors (Lipinski definition) is 5. The van der Waals surface area contributed by atoms with E-state index >= 15 is 0 Å². The van der Waals surface area contributed by atoms with Crippen LogP contribution in [0.3, 0.4) is 0 Å². The van der Waals surface area contributed by atoms with E-state index in [0.29, 0.717) is 22.7 Å². The van der Waals surface area contributed by atoms with Crippen LogP contribution in [0.1, 0.15) is 24.3 Å². The summed E-state index contributed by atoms with van der Waals surface area (Å²) in [4.78, 5) is 30.4. The van der Waals surface area contributed by atoms with E-state index in [-0.39, 0.29) is 35.1 Å². The fourth-order valence-corrected chi connectivity index (χ4v) is 5.12.